The number of nitrogens with zero attached hydrogens (tertiary/aromatic N) is 2. The van der Waals surface area contributed by atoms with Crippen LogP contribution in [0.5, 0.6) is 11.5 Å². The van der Waals surface area contributed by atoms with Crippen LogP contribution >= 0.6 is 0 Å². The van der Waals surface area contributed by atoms with Gasteiger partial charge in [-0.15, -0.1) is 0 Å². The molecule has 136 valence electrons. The Morgan fingerprint density at radius 3 is 2.81 bits per heavy atom. The van der Waals surface area contributed by atoms with Crippen LogP contribution in [0.15, 0.2) is 70.4 Å². The lowest BCUT2D eigenvalue weighted by Gasteiger charge is -2.38. The van der Waals surface area contributed by atoms with Crippen molar-refractivity contribution in [3.63, 3.8) is 0 Å². The molecule has 0 fully saturated rings. The molecule has 2 aliphatic heterocycles. The van der Waals surface area contributed by atoms with Crippen molar-refractivity contribution in [3.8, 4) is 11.5 Å². The first-order chi connectivity index (χ1) is 13.2. The largest absolute Gasteiger partial charge is 0.493 e. The Morgan fingerprint density at radius 2 is 2.04 bits per heavy atom. The predicted octanol–water partition coefficient (Wildman–Crippen LogP) is 4.67. The molecule has 1 aromatic heterocycles. The first kappa shape index (κ1) is 15.9. The van der Waals surface area contributed by atoms with Gasteiger partial charge in [0.25, 0.3) is 0 Å². The normalized spacial score (nSPS) is 20.5. The third-order valence-corrected chi connectivity index (χ3v) is 4.94. The second kappa shape index (κ2) is 6.16. The van der Waals surface area contributed by atoms with Gasteiger partial charge in [0.15, 0.2) is 11.5 Å². The summed E-state index contributed by atoms with van der Waals surface area (Å²) in [5.41, 5.74) is 2.53. The molecule has 5 rings (SSSR count). The molecule has 27 heavy (non-hydrogen) atoms. The molecular formula is C21H17FN2O3. The van der Waals surface area contributed by atoms with E-state index in [4.69, 9.17) is 19.0 Å². The van der Waals surface area contributed by atoms with Gasteiger partial charge in [0, 0.05) is 17.5 Å². The maximum absolute atomic E-state index is 13.9. The van der Waals surface area contributed by atoms with E-state index in [9.17, 15) is 4.39 Å². The first-order valence-electron chi connectivity index (χ1n) is 8.73. The Labute approximate surface area is 155 Å². The Kier molecular flexibility index (Phi) is 3.63. The van der Waals surface area contributed by atoms with Gasteiger partial charge in [-0.25, -0.2) is 9.40 Å². The van der Waals surface area contributed by atoms with Crippen LogP contribution in [0.1, 0.15) is 35.6 Å². The molecule has 0 spiro atoms. The number of methoxy groups -OCH3 is 1. The number of hydrazone groups is 1. The van der Waals surface area contributed by atoms with Gasteiger partial charge in [-0.1, -0.05) is 24.3 Å². The molecule has 0 aliphatic carbocycles. The quantitative estimate of drug-likeness (QED) is 0.678. The van der Waals surface area contributed by atoms with Crippen molar-refractivity contribution < 1.29 is 18.3 Å². The van der Waals surface area contributed by atoms with E-state index in [1.807, 2.05) is 41.4 Å². The van der Waals surface area contributed by atoms with Gasteiger partial charge in [0.1, 0.15) is 17.3 Å². The molecule has 0 bridgehead atoms. The van der Waals surface area contributed by atoms with E-state index in [0.29, 0.717) is 23.5 Å². The molecule has 2 aliphatic rings. The number of hydrogen-bond donors (Lipinski definition) is 0. The number of fused-ring (bicyclic) bond motifs is 3. The average Bonchev–Trinajstić information content (AvgIpc) is 3.36. The topological polar surface area (TPSA) is 47.2 Å². The first-order valence-corrected chi connectivity index (χ1v) is 8.73. The molecule has 0 N–H and O–H groups in total. The summed E-state index contributed by atoms with van der Waals surface area (Å²) in [5.74, 6) is 1.74. The lowest BCUT2D eigenvalue weighted by atomic mass is 9.97. The van der Waals surface area contributed by atoms with Crippen molar-refractivity contribution in [2.24, 2.45) is 5.10 Å². The molecule has 0 unspecified atom stereocenters. The minimum atomic E-state index is -0.554. The van der Waals surface area contributed by atoms with Crippen LogP contribution in [0.25, 0.3) is 0 Å². The van der Waals surface area contributed by atoms with Crippen LogP contribution in [0.2, 0.25) is 0 Å². The third-order valence-electron chi connectivity index (χ3n) is 4.94. The smallest absolute Gasteiger partial charge is 0.214 e. The van der Waals surface area contributed by atoms with Crippen LogP contribution in [0.4, 0.5) is 4.39 Å². The summed E-state index contributed by atoms with van der Waals surface area (Å²) in [6.45, 7) is 0. The zero-order valence-corrected chi connectivity index (χ0v) is 14.6. The van der Waals surface area contributed by atoms with E-state index in [0.717, 1.165) is 17.0 Å². The number of ether oxygens (including phenoxy) is 2. The third kappa shape index (κ3) is 2.56. The molecule has 2 aromatic carbocycles. The monoisotopic (exact) mass is 364 g/mol. The molecule has 0 saturated heterocycles. The minimum absolute atomic E-state index is 0.0442. The van der Waals surface area contributed by atoms with E-state index in [1.165, 1.54) is 12.1 Å². The standard InChI is InChI=1S/C21H17FN2O3/c1-25-19-8-3-7-15-17-12-16(18-9-4-10-26-18)23-24(17)21(27-20(15)19)13-5-2-6-14(22)11-13/h2-11,17,21H,12H2,1H3/t17-,21-/m1/s1. The van der Waals surface area contributed by atoms with Crippen LogP contribution in [-0.2, 0) is 0 Å². The van der Waals surface area contributed by atoms with E-state index in [-0.39, 0.29) is 11.9 Å². The molecule has 3 heterocycles. The van der Waals surface area contributed by atoms with Gasteiger partial charge < -0.3 is 13.9 Å². The van der Waals surface area contributed by atoms with Crippen molar-refractivity contribution >= 4 is 5.71 Å². The van der Waals surface area contributed by atoms with E-state index < -0.39 is 6.23 Å². The molecule has 6 heteroatoms. The van der Waals surface area contributed by atoms with E-state index >= 15 is 0 Å². The van der Waals surface area contributed by atoms with Crippen molar-refractivity contribution in [1.29, 1.82) is 0 Å². The number of furan rings is 1. The van der Waals surface area contributed by atoms with Gasteiger partial charge in [-0.3, -0.25) is 0 Å². The highest BCUT2D eigenvalue weighted by Gasteiger charge is 2.42. The summed E-state index contributed by atoms with van der Waals surface area (Å²) in [6, 6.07) is 15.9. The summed E-state index contributed by atoms with van der Waals surface area (Å²) < 4.78 is 31.2. The van der Waals surface area contributed by atoms with Gasteiger partial charge in [-0.2, -0.15) is 5.10 Å². The zero-order valence-electron chi connectivity index (χ0n) is 14.6. The van der Waals surface area contributed by atoms with Crippen LogP contribution < -0.4 is 9.47 Å². The van der Waals surface area contributed by atoms with E-state index in [1.54, 1.807) is 19.4 Å². The number of benzene rings is 2. The molecule has 0 radical (unpaired) electrons. The van der Waals surface area contributed by atoms with Crippen molar-refractivity contribution in [3.05, 3.63) is 83.6 Å². The Morgan fingerprint density at radius 1 is 1.15 bits per heavy atom. The Bertz CT molecular complexity index is 1020. The highest BCUT2D eigenvalue weighted by molar-refractivity contribution is 5.99. The summed E-state index contributed by atoms with van der Waals surface area (Å²) in [6.07, 6.45) is 1.75. The minimum Gasteiger partial charge on any atom is -0.493 e. The van der Waals surface area contributed by atoms with Gasteiger partial charge in [0.2, 0.25) is 6.23 Å². The lowest BCUT2D eigenvalue weighted by molar-refractivity contribution is -0.0210. The van der Waals surface area contributed by atoms with Crippen molar-refractivity contribution in [2.45, 2.75) is 18.7 Å². The fourth-order valence-corrected chi connectivity index (χ4v) is 3.72. The number of hydrogen-bond acceptors (Lipinski definition) is 5. The maximum atomic E-state index is 13.9. The lowest BCUT2D eigenvalue weighted by Crippen LogP contribution is -2.34. The van der Waals surface area contributed by atoms with Crippen LogP contribution in [-0.4, -0.2) is 17.8 Å². The fourth-order valence-electron chi connectivity index (χ4n) is 3.72. The van der Waals surface area contributed by atoms with Crippen molar-refractivity contribution in [1.82, 2.24) is 5.01 Å². The number of para-hydroxylation sites is 1. The second-order valence-electron chi connectivity index (χ2n) is 6.53. The summed E-state index contributed by atoms with van der Waals surface area (Å²) in [5, 5.41) is 6.65. The highest BCUT2D eigenvalue weighted by Crippen LogP contribution is 2.50. The molecule has 3 aromatic rings. The Balaban J connectivity index is 1.64. The van der Waals surface area contributed by atoms with Crippen molar-refractivity contribution in [2.75, 3.05) is 7.11 Å². The fraction of sp³-hybridized carbons (Fsp3) is 0.190. The maximum Gasteiger partial charge on any atom is 0.214 e. The number of halogens is 1. The van der Waals surface area contributed by atoms with Crippen LogP contribution in [0.3, 0.4) is 0 Å². The molecule has 5 nitrogen and oxygen atoms in total. The van der Waals surface area contributed by atoms with Gasteiger partial charge in [0.05, 0.1) is 19.4 Å². The molecule has 0 saturated carbocycles. The number of rotatable bonds is 3. The Hall–Kier alpha value is -3.28. The van der Waals surface area contributed by atoms with E-state index in [2.05, 4.69) is 0 Å². The SMILES string of the molecule is COc1cccc2c1O[C@H](c1cccc(F)c1)N1N=C(c3ccco3)C[C@H]21. The zero-order chi connectivity index (χ0) is 18.4. The molecular weight excluding hydrogens is 347 g/mol. The molecule has 2 atom stereocenters. The molecule has 0 amide bonds. The van der Waals surface area contributed by atoms with Crippen LogP contribution in [0, 0.1) is 5.82 Å². The second-order valence-corrected chi connectivity index (χ2v) is 6.53. The van der Waals surface area contributed by atoms with Gasteiger partial charge >= 0.3 is 0 Å². The summed E-state index contributed by atoms with van der Waals surface area (Å²) in [7, 11) is 1.61. The summed E-state index contributed by atoms with van der Waals surface area (Å²) >= 11 is 0. The highest BCUT2D eigenvalue weighted by atomic mass is 19.1. The summed E-state index contributed by atoms with van der Waals surface area (Å²) in [4.78, 5) is 0. The average molecular weight is 364 g/mol. The van der Waals surface area contributed by atoms with Gasteiger partial charge in [-0.05, 0) is 30.3 Å². The predicted molar refractivity (Wildman–Crippen MR) is 97.2 cm³/mol.